The molecule has 0 amide bonds. The van der Waals surface area contributed by atoms with Crippen molar-refractivity contribution in [3.63, 3.8) is 0 Å². The van der Waals surface area contributed by atoms with Crippen LogP contribution in [0.25, 0.3) is 0 Å². The summed E-state index contributed by atoms with van der Waals surface area (Å²) in [5.74, 6) is -0.186. The normalized spacial score (nSPS) is 18.6. The molecule has 0 bridgehead atoms. The van der Waals surface area contributed by atoms with Crippen molar-refractivity contribution >= 4 is 23.6 Å². The fourth-order valence-electron chi connectivity index (χ4n) is 6.21. The Kier molecular flexibility index (Phi) is 5.86. The van der Waals surface area contributed by atoms with Crippen molar-refractivity contribution in [2.45, 2.75) is 60.4 Å². The Morgan fingerprint density at radius 2 is 1.03 bits per heavy atom. The van der Waals surface area contributed by atoms with Gasteiger partial charge in [-0.15, -0.1) is 0 Å². The van der Waals surface area contributed by atoms with Gasteiger partial charge in [-0.1, -0.05) is 94.9 Å². The van der Waals surface area contributed by atoms with Crippen molar-refractivity contribution in [1.82, 2.24) is 0 Å². The Bertz CT molecular complexity index is 1200. The molecule has 1 atom stereocenters. The van der Waals surface area contributed by atoms with E-state index in [1.165, 1.54) is 54.5 Å². The molecule has 1 aliphatic carbocycles. The standard InChI is InChI=1S/C31H35FSi/c1-20-13-21(2)16-29(15-20)33(28-11-9-27(32)10-12-28,30-17-22(3)14-23(4)18-30)31(8)19-24(5)25(6)26(31)7/h9-19H,1-8H3. The molecule has 0 radical (unpaired) electrons. The van der Waals surface area contributed by atoms with Crippen LogP contribution in [-0.4, -0.2) is 8.07 Å². The molecule has 0 fully saturated rings. The van der Waals surface area contributed by atoms with Gasteiger partial charge in [-0.2, -0.15) is 0 Å². The van der Waals surface area contributed by atoms with Gasteiger partial charge >= 0.3 is 0 Å². The van der Waals surface area contributed by atoms with E-state index in [0.29, 0.717) is 0 Å². The number of benzene rings is 3. The van der Waals surface area contributed by atoms with E-state index in [2.05, 4.69) is 97.9 Å². The fourth-order valence-corrected chi connectivity index (χ4v) is 12.6. The van der Waals surface area contributed by atoms with Gasteiger partial charge < -0.3 is 0 Å². The van der Waals surface area contributed by atoms with Gasteiger partial charge in [0.05, 0.1) is 0 Å². The monoisotopic (exact) mass is 454 g/mol. The molecule has 0 saturated heterocycles. The Labute approximate surface area is 199 Å². The van der Waals surface area contributed by atoms with Crippen molar-refractivity contribution < 1.29 is 4.39 Å². The van der Waals surface area contributed by atoms with Crippen molar-refractivity contribution in [1.29, 1.82) is 0 Å². The highest BCUT2D eigenvalue weighted by Gasteiger charge is 2.56. The first kappa shape index (κ1) is 23.4. The van der Waals surface area contributed by atoms with Gasteiger partial charge in [0.1, 0.15) is 5.82 Å². The zero-order chi connectivity index (χ0) is 24.1. The molecule has 1 aliphatic rings. The number of hydrogen-bond acceptors (Lipinski definition) is 0. The topological polar surface area (TPSA) is 0 Å². The molecule has 0 N–H and O–H groups in total. The first-order chi connectivity index (χ1) is 15.5. The van der Waals surface area contributed by atoms with Gasteiger partial charge in [0.15, 0.2) is 8.07 Å². The number of hydrogen-bond donors (Lipinski definition) is 0. The van der Waals surface area contributed by atoms with Crippen LogP contribution in [0.1, 0.15) is 49.9 Å². The van der Waals surface area contributed by atoms with Crippen LogP contribution in [0.4, 0.5) is 4.39 Å². The van der Waals surface area contributed by atoms with Crippen LogP contribution in [0.2, 0.25) is 5.04 Å². The largest absolute Gasteiger partial charge is 0.207 e. The second-order valence-electron chi connectivity index (χ2n) is 10.3. The zero-order valence-electron chi connectivity index (χ0n) is 21.2. The average Bonchev–Trinajstić information content (AvgIpc) is 2.92. The Hall–Kier alpha value is -2.71. The molecule has 0 spiro atoms. The minimum absolute atomic E-state index is 0.181. The van der Waals surface area contributed by atoms with Crippen LogP contribution < -0.4 is 15.6 Å². The van der Waals surface area contributed by atoms with Crippen LogP contribution in [-0.2, 0) is 0 Å². The van der Waals surface area contributed by atoms with Gasteiger partial charge in [0, 0.05) is 5.04 Å². The summed E-state index contributed by atoms with van der Waals surface area (Å²) in [4.78, 5) is 0. The third kappa shape index (κ3) is 3.65. The Balaban J connectivity index is 2.26. The minimum atomic E-state index is -2.71. The summed E-state index contributed by atoms with van der Waals surface area (Å²) in [5.41, 5.74) is 9.24. The maximum Gasteiger partial charge on any atom is 0.161 e. The number of aryl methyl sites for hydroxylation is 4. The second-order valence-corrected chi connectivity index (χ2v) is 14.6. The van der Waals surface area contributed by atoms with Gasteiger partial charge in [0.2, 0.25) is 0 Å². The van der Waals surface area contributed by atoms with E-state index in [1.54, 1.807) is 12.1 Å². The van der Waals surface area contributed by atoms with E-state index < -0.39 is 8.07 Å². The molecule has 0 saturated carbocycles. The Morgan fingerprint density at radius 1 is 0.606 bits per heavy atom. The summed E-state index contributed by atoms with van der Waals surface area (Å²) < 4.78 is 14.2. The van der Waals surface area contributed by atoms with Crippen molar-refractivity contribution in [3.05, 3.63) is 112 Å². The van der Waals surface area contributed by atoms with E-state index in [1.807, 2.05) is 12.1 Å². The highest BCUT2D eigenvalue weighted by Crippen LogP contribution is 2.52. The van der Waals surface area contributed by atoms with Gasteiger partial charge in [-0.3, -0.25) is 0 Å². The van der Waals surface area contributed by atoms with Gasteiger partial charge in [-0.25, -0.2) is 4.39 Å². The molecule has 170 valence electrons. The van der Waals surface area contributed by atoms with E-state index in [4.69, 9.17) is 0 Å². The van der Waals surface area contributed by atoms with Crippen molar-refractivity contribution in [2.24, 2.45) is 0 Å². The third-order valence-electron chi connectivity index (χ3n) is 7.80. The fraction of sp³-hybridized carbons (Fsp3) is 0.290. The smallest absolute Gasteiger partial charge is 0.161 e. The van der Waals surface area contributed by atoms with Crippen LogP contribution in [0.3, 0.4) is 0 Å². The quantitative estimate of drug-likeness (QED) is 0.308. The lowest BCUT2D eigenvalue weighted by atomic mass is 10.0. The van der Waals surface area contributed by atoms with Crippen LogP contribution >= 0.6 is 0 Å². The summed E-state index contributed by atoms with van der Waals surface area (Å²) >= 11 is 0. The molecule has 0 nitrogen and oxygen atoms in total. The highest BCUT2D eigenvalue weighted by molar-refractivity contribution is 7.14. The summed E-state index contributed by atoms with van der Waals surface area (Å²) in [7, 11) is -2.71. The zero-order valence-corrected chi connectivity index (χ0v) is 22.2. The summed E-state index contributed by atoms with van der Waals surface area (Å²) in [6.07, 6.45) is 2.50. The van der Waals surface area contributed by atoms with E-state index >= 15 is 0 Å². The molecule has 2 heteroatoms. The second kappa shape index (κ2) is 8.25. The van der Waals surface area contributed by atoms with Gasteiger partial charge in [0.25, 0.3) is 0 Å². The van der Waals surface area contributed by atoms with Crippen LogP contribution in [0.5, 0.6) is 0 Å². The highest BCUT2D eigenvalue weighted by atomic mass is 28.3. The number of halogens is 1. The molecule has 0 heterocycles. The summed E-state index contributed by atoms with van der Waals surface area (Å²) in [6, 6.07) is 21.4. The van der Waals surface area contributed by atoms with Crippen molar-refractivity contribution in [3.8, 4) is 0 Å². The maximum atomic E-state index is 14.2. The molecule has 4 rings (SSSR count). The molecule has 3 aromatic carbocycles. The van der Waals surface area contributed by atoms with E-state index in [-0.39, 0.29) is 10.9 Å². The maximum absolute atomic E-state index is 14.2. The molecular formula is C31H35FSi. The lowest BCUT2D eigenvalue weighted by Crippen LogP contribution is -2.73. The molecule has 1 unspecified atom stereocenters. The SMILES string of the molecule is CC1=CC(C)([Si](c2ccc(F)cc2)(c2cc(C)cc(C)c2)c2cc(C)cc(C)c2)C(C)=C1C. The minimum Gasteiger partial charge on any atom is -0.207 e. The third-order valence-corrected chi connectivity index (χ3v) is 13.4. The first-order valence-electron chi connectivity index (χ1n) is 11.8. The lowest BCUT2D eigenvalue weighted by molar-refractivity contribution is 0.628. The molecular weight excluding hydrogens is 419 g/mol. The Morgan fingerprint density at radius 3 is 1.39 bits per heavy atom. The van der Waals surface area contributed by atoms with Crippen molar-refractivity contribution in [2.75, 3.05) is 0 Å². The number of allylic oxidation sites excluding steroid dienone is 4. The average molecular weight is 455 g/mol. The predicted octanol–water partition coefficient (Wildman–Crippen LogP) is 6.59. The molecule has 0 aromatic heterocycles. The summed E-state index contributed by atoms with van der Waals surface area (Å²) in [6.45, 7) is 18.0. The number of rotatable bonds is 4. The predicted molar refractivity (Wildman–Crippen MR) is 143 cm³/mol. The van der Waals surface area contributed by atoms with Gasteiger partial charge in [-0.05, 0) is 81.7 Å². The molecule has 3 aromatic rings. The van der Waals surface area contributed by atoms with E-state index in [0.717, 1.165) is 0 Å². The van der Waals surface area contributed by atoms with E-state index in [9.17, 15) is 4.39 Å². The summed E-state index contributed by atoms with van der Waals surface area (Å²) in [5, 5.41) is 3.84. The lowest BCUT2D eigenvalue weighted by Gasteiger charge is -2.47. The van der Waals surface area contributed by atoms with Crippen LogP contribution in [0.15, 0.2) is 83.5 Å². The molecule has 33 heavy (non-hydrogen) atoms. The molecule has 0 aliphatic heterocycles. The van der Waals surface area contributed by atoms with Crippen LogP contribution in [0, 0.1) is 33.5 Å². The first-order valence-corrected chi connectivity index (χ1v) is 13.8.